The third-order valence-corrected chi connectivity index (χ3v) is 1.64. The van der Waals surface area contributed by atoms with Gasteiger partial charge in [-0.25, -0.2) is 0 Å². The van der Waals surface area contributed by atoms with Crippen molar-refractivity contribution in [2.75, 3.05) is 0 Å². The van der Waals surface area contributed by atoms with Crippen LogP contribution in [0.4, 0.5) is 5.69 Å². The average molecular weight is 288 g/mol. The summed E-state index contributed by atoms with van der Waals surface area (Å²) >= 11 is 0. The van der Waals surface area contributed by atoms with Crippen molar-refractivity contribution in [3.05, 3.63) is 22.2 Å². The number of nitrogens with zero attached hydrogens (tertiary/aromatic N) is 3. The van der Waals surface area contributed by atoms with Gasteiger partial charge in [0.05, 0.1) is 4.92 Å². The van der Waals surface area contributed by atoms with Crippen LogP contribution in [0.25, 0.3) is 11.0 Å². The second kappa shape index (κ2) is 3.74. The Hall–Kier alpha value is -1.44. The van der Waals surface area contributed by atoms with Gasteiger partial charge in [0.25, 0.3) is 0 Å². The zero-order valence-corrected chi connectivity index (χ0v) is 8.04. The number of H-pyrrole nitrogens is 1. The van der Waals surface area contributed by atoms with Crippen molar-refractivity contribution in [1.29, 1.82) is 0 Å². The standard InChI is InChI=1S/C6H4N4O3.Ag/c11-6-4(10(12)13)2-1-3-5(6)8-9-7-3;/h1-2,11H,(H,7,8,9);/q;+1. The molecule has 0 fully saturated rings. The quantitative estimate of drug-likeness (QED) is 0.453. The molecule has 2 rings (SSSR count). The van der Waals surface area contributed by atoms with Crippen LogP contribution in [0.1, 0.15) is 0 Å². The molecule has 0 saturated heterocycles. The van der Waals surface area contributed by atoms with E-state index in [-0.39, 0.29) is 33.6 Å². The van der Waals surface area contributed by atoms with Crippen molar-refractivity contribution < 1.29 is 32.4 Å². The fourth-order valence-electron chi connectivity index (χ4n) is 1.03. The number of phenols is 1. The van der Waals surface area contributed by atoms with Crippen molar-refractivity contribution in [2.45, 2.75) is 0 Å². The Labute approximate surface area is 92.8 Å². The van der Waals surface area contributed by atoms with E-state index in [0.29, 0.717) is 5.52 Å². The van der Waals surface area contributed by atoms with Gasteiger partial charge in [-0.3, -0.25) is 10.1 Å². The van der Waals surface area contributed by atoms with Crippen LogP contribution in [0, 0.1) is 10.1 Å². The maximum absolute atomic E-state index is 10.4. The molecule has 0 aliphatic heterocycles. The number of nitrogens with one attached hydrogen (secondary N) is 1. The summed E-state index contributed by atoms with van der Waals surface area (Å²) in [6.07, 6.45) is 0. The first kappa shape index (κ1) is 10.6. The molecule has 8 heteroatoms. The fraction of sp³-hybridized carbons (Fsp3) is 0. The number of benzene rings is 1. The monoisotopic (exact) mass is 287 g/mol. The second-order valence-electron chi connectivity index (χ2n) is 2.38. The average Bonchev–Trinajstić information content (AvgIpc) is 2.52. The van der Waals surface area contributed by atoms with Gasteiger partial charge in [-0.05, 0) is 6.07 Å². The SMILES string of the molecule is O=[N+]([O-])c1ccc2n[nH]nc2c1O.[Ag+]. The number of nitro groups is 1. The zero-order valence-electron chi connectivity index (χ0n) is 6.56. The molecule has 1 aromatic heterocycles. The molecular weight excluding hydrogens is 284 g/mol. The van der Waals surface area contributed by atoms with Gasteiger partial charge >= 0.3 is 28.1 Å². The van der Waals surface area contributed by atoms with Crippen LogP contribution in [-0.2, 0) is 22.4 Å². The molecule has 0 bridgehead atoms. The van der Waals surface area contributed by atoms with E-state index >= 15 is 0 Å². The number of aromatic hydroxyl groups is 1. The van der Waals surface area contributed by atoms with Gasteiger partial charge in [0.15, 0.2) is 5.52 Å². The molecule has 0 saturated carbocycles. The fourth-order valence-corrected chi connectivity index (χ4v) is 1.03. The molecule has 0 unspecified atom stereocenters. The van der Waals surface area contributed by atoms with Gasteiger partial charge in [-0.15, -0.1) is 0 Å². The van der Waals surface area contributed by atoms with E-state index in [9.17, 15) is 15.2 Å². The van der Waals surface area contributed by atoms with Crippen molar-refractivity contribution in [3.63, 3.8) is 0 Å². The predicted molar refractivity (Wildman–Crippen MR) is 42.2 cm³/mol. The minimum atomic E-state index is -0.677. The summed E-state index contributed by atoms with van der Waals surface area (Å²) in [5, 5.41) is 29.2. The van der Waals surface area contributed by atoms with E-state index in [1.807, 2.05) is 0 Å². The molecule has 0 aliphatic carbocycles. The van der Waals surface area contributed by atoms with Crippen LogP contribution in [0.2, 0.25) is 0 Å². The predicted octanol–water partition coefficient (Wildman–Crippen LogP) is 0.569. The number of phenolic OH excluding ortho intramolecular Hbond substituents is 1. The first-order chi connectivity index (χ1) is 6.20. The summed E-state index contributed by atoms with van der Waals surface area (Å²) in [5.41, 5.74) is 0.124. The van der Waals surface area contributed by atoms with E-state index in [2.05, 4.69) is 15.4 Å². The molecular formula is C6H4AgN4O3+. The molecule has 0 atom stereocenters. The molecule has 1 aromatic carbocycles. The maximum Gasteiger partial charge on any atom is 1.00 e. The van der Waals surface area contributed by atoms with Crippen LogP contribution in [-0.4, -0.2) is 25.4 Å². The second-order valence-corrected chi connectivity index (χ2v) is 2.38. The maximum atomic E-state index is 10.4. The summed E-state index contributed by atoms with van der Waals surface area (Å²) < 4.78 is 0. The summed E-state index contributed by atoms with van der Waals surface area (Å²) in [4.78, 5) is 9.70. The van der Waals surface area contributed by atoms with Crippen LogP contribution >= 0.6 is 0 Å². The Kier molecular flexibility index (Phi) is 2.84. The topological polar surface area (TPSA) is 105 Å². The summed E-state index contributed by atoms with van der Waals surface area (Å²) in [6.45, 7) is 0. The molecule has 0 spiro atoms. The molecule has 0 radical (unpaired) electrons. The van der Waals surface area contributed by atoms with Crippen LogP contribution in [0.15, 0.2) is 12.1 Å². The normalized spacial score (nSPS) is 9.71. The Morgan fingerprint density at radius 1 is 1.43 bits per heavy atom. The number of rotatable bonds is 1. The number of aromatic amines is 1. The van der Waals surface area contributed by atoms with E-state index in [1.54, 1.807) is 0 Å². The van der Waals surface area contributed by atoms with Crippen molar-refractivity contribution in [1.82, 2.24) is 15.4 Å². The Morgan fingerprint density at radius 2 is 2.14 bits per heavy atom. The number of fused-ring (bicyclic) bond motifs is 1. The molecule has 2 N–H and O–H groups in total. The minimum absolute atomic E-state index is 0. The third kappa shape index (κ3) is 1.48. The van der Waals surface area contributed by atoms with Crippen molar-refractivity contribution >= 4 is 16.7 Å². The van der Waals surface area contributed by atoms with Gasteiger partial charge in [-0.2, -0.15) is 15.4 Å². The van der Waals surface area contributed by atoms with E-state index < -0.39 is 10.7 Å². The van der Waals surface area contributed by atoms with Gasteiger partial charge < -0.3 is 5.11 Å². The summed E-state index contributed by atoms with van der Waals surface area (Å²) in [6, 6.07) is 2.59. The molecule has 2 aromatic rings. The van der Waals surface area contributed by atoms with Crippen LogP contribution < -0.4 is 0 Å². The zero-order chi connectivity index (χ0) is 9.42. The number of nitro benzene ring substituents is 1. The summed E-state index contributed by atoms with van der Waals surface area (Å²) in [5.74, 6) is -0.462. The smallest absolute Gasteiger partial charge is 0.500 e. The van der Waals surface area contributed by atoms with Crippen LogP contribution in [0.5, 0.6) is 5.75 Å². The van der Waals surface area contributed by atoms with E-state index in [1.165, 1.54) is 12.1 Å². The number of hydrogen-bond acceptors (Lipinski definition) is 5. The van der Waals surface area contributed by atoms with E-state index in [4.69, 9.17) is 0 Å². The Balaban J connectivity index is 0.000000980. The summed E-state index contributed by atoms with van der Waals surface area (Å²) in [7, 11) is 0. The largest absolute Gasteiger partial charge is 1.00 e. The first-order valence-corrected chi connectivity index (χ1v) is 3.37. The molecule has 1 heterocycles. The molecule has 0 amide bonds. The molecule has 7 nitrogen and oxygen atoms in total. The molecule has 14 heavy (non-hydrogen) atoms. The van der Waals surface area contributed by atoms with Crippen molar-refractivity contribution in [2.24, 2.45) is 0 Å². The Bertz CT molecular complexity index is 483. The van der Waals surface area contributed by atoms with Gasteiger partial charge in [-0.1, -0.05) is 0 Å². The van der Waals surface area contributed by atoms with Crippen LogP contribution in [0.3, 0.4) is 0 Å². The van der Waals surface area contributed by atoms with Gasteiger partial charge in [0.1, 0.15) is 5.52 Å². The third-order valence-electron chi connectivity index (χ3n) is 1.64. The van der Waals surface area contributed by atoms with Gasteiger partial charge in [0, 0.05) is 6.07 Å². The van der Waals surface area contributed by atoms with Gasteiger partial charge in [0.2, 0.25) is 5.75 Å². The van der Waals surface area contributed by atoms with E-state index in [0.717, 1.165) is 0 Å². The molecule has 76 valence electrons. The van der Waals surface area contributed by atoms with Crippen molar-refractivity contribution in [3.8, 4) is 5.75 Å². The minimum Gasteiger partial charge on any atom is -0.500 e. The number of aromatic nitrogens is 3. The first-order valence-electron chi connectivity index (χ1n) is 3.37. The Morgan fingerprint density at radius 3 is 2.79 bits per heavy atom. The number of hydrogen-bond donors (Lipinski definition) is 2. The molecule has 0 aliphatic rings.